The number of aliphatic hydroxyl groups is 1. The third kappa shape index (κ3) is 3.94. The maximum Gasteiger partial charge on any atom is 0.0464 e. The summed E-state index contributed by atoms with van der Waals surface area (Å²) in [4.78, 5) is 0. The Morgan fingerprint density at radius 2 is 2.06 bits per heavy atom. The van der Waals surface area contributed by atoms with E-state index in [9.17, 15) is 0 Å². The minimum absolute atomic E-state index is 0.314. The van der Waals surface area contributed by atoms with E-state index in [2.05, 4.69) is 44.9 Å². The number of nitrogens with one attached hydrogen (secondary N) is 1. The van der Waals surface area contributed by atoms with Gasteiger partial charge in [0.1, 0.15) is 0 Å². The first-order chi connectivity index (χ1) is 7.58. The van der Waals surface area contributed by atoms with Crippen LogP contribution in [0, 0.1) is 17.8 Å². The molecular formula is C13H27NOS. The van der Waals surface area contributed by atoms with Crippen LogP contribution in [0.3, 0.4) is 0 Å². The maximum absolute atomic E-state index is 9.07. The van der Waals surface area contributed by atoms with Crippen LogP contribution in [-0.4, -0.2) is 35.8 Å². The standard InChI is InChI=1S/C13H27NOS/c1-9-5-11(3)13(12(6-9)14-4)16-8-10(2)7-15/h9-15H,5-8H2,1-4H3. The maximum atomic E-state index is 9.07. The molecule has 0 aromatic heterocycles. The van der Waals surface area contributed by atoms with Crippen LogP contribution in [0.5, 0.6) is 0 Å². The van der Waals surface area contributed by atoms with Crippen molar-refractivity contribution < 1.29 is 5.11 Å². The highest BCUT2D eigenvalue weighted by Crippen LogP contribution is 2.36. The first-order valence-electron chi connectivity index (χ1n) is 6.48. The number of thioether (sulfide) groups is 1. The third-order valence-corrected chi connectivity index (χ3v) is 5.58. The molecule has 0 saturated heterocycles. The van der Waals surface area contributed by atoms with Gasteiger partial charge >= 0.3 is 0 Å². The second-order valence-electron chi connectivity index (χ2n) is 5.53. The van der Waals surface area contributed by atoms with Gasteiger partial charge in [0.05, 0.1) is 0 Å². The molecule has 0 radical (unpaired) electrons. The van der Waals surface area contributed by atoms with Gasteiger partial charge in [-0.2, -0.15) is 11.8 Å². The molecule has 16 heavy (non-hydrogen) atoms. The molecule has 5 atom stereocenters. The Balaban J connectivity index is 2.47. The SMILES string of the molecule is CNC1CC(C)CC(C)C1SCC(C)CO. The zero-order valence-electron chi connectivity index (χ0n) is 11.1. The molecular weight excluding hydrogens is 218 g/mol. The summed E-state index contributed by atoms with van der Waals surface area (Å²) in [7, 11) is 2.08. The van der Waals surface area contributed by atoms with Crippen molar-refractivity contribution >= 4 is 11.8 Å². The van der Waals surface area contributed by atoms with Crippen molar-refractivity contribution in [2.45, 2.75) is 44.9 Å². The van der Waals surface area contributed by atoms with Gasteiger partial charge in [-0.1, -0.05) is 20.8 Å². The van der Waals surface area contributed by atoms with Gasteiger partial charge in [-0.3, -0.25) is 0 Å². The van der Waals surface area contributed by atoms with E-state index in [1.165, 1.54) is 12.8 Å². The Hall–Kier alpha value is 0.270. The number of hydrogen-bond acceptors (Lipinski definition) is 3. The molecule has 0 heterocycles. The smallest absolute Gasteiger partial charge is 0.0464 e. The lowest BCUT2D eigenvalue weighted by Gasteiger charge is -2.39. The van der Waals surface area contributed by atoms with Crippen LogP contribution in [0.2, 0.25) is 0 Å². The lowest BCUT2D eigenvalue weighted by Crippen LogP contribution is -2.45. The summed E-state index contributed by atoms with van der Waals surface area (Å²) in [5, 5.41) is 13.3. The van der Waals surface area contributed by atoms with Crippen LogP contribution < -0.4 is 5.32 Å². The number of hydrogen-bond donors (Lipinski definition) is 2. The van der Waals surface area contributed by atoms with Gasteiger partial charge in [0.2, 0.25) is 0 Å². The van der Waals surface area contributed by atoms with Crippen LogP contribution in [-0.2, 0) is 0 Å². The largest absolute Gasteiger partial charge is 0.396 e. The molecule has 0 aromatic carbocycles. The molecule has 0 spiro atoms. The van der Waals surface area contributed by atoms with E-state index in [0.717, 1.165) is 22.8 Å². The highest BCUT2D eigenvalue weighted by Gasteiger charge is 2.33. The molecule has 0 amide bonds. The summed E-state index contributed by atoms with van der Waals surface area (Å²) >= 11 is 2.05. The third-order valence-electron chi connectivity index (χ3n) is 3.64. The lowest BCUT2D eigenvalue weighted by molar-refractivity contribution is 0.246. The average Bonchev–Trinajstić information content (AvgIpc) is 2.26. The molecule has 2 N–H and O–H groups in total. The van der Waals surface area contributed by atoms with Crippen molar-refractivity contribution in [2.24, 2.45) is 17.8 Å². The van der Waals surface area contributed by atoms with E-state index < -0.39 is 0 Å². The lowest BCUT2D eigenvalue weighted by atomic mass is 9.80. The van der Waals surface area contributed by atoms with E-state index in [0.29, 0.717) is 18.6 Å². The predicted octanol–water partition coefficient (Wildman–Crippen LogP) is 2.37. The van der Waals surface area contributed by atoms with Crippen LogP contribution in [0.4, 0.5) is 0 Å². The summed E-state index contributed by atoms with van der Waals surface area (Å²) in [6.45, 7) is 7.17. The molecule has 0 aliphatic heterocycles. The molecule has 1 saturated carbocycles. The fourth-order valence-corrected chi connectivity index (χ4v) is 4.30. The number of aliphatic hydroxyl groups excluding tert-OH is 1. The van der Waals surface area contributed by atoms with Crippen molar-refractivity contribution in [3.8, 4) is 0 Å². The van der Waals surface area contributed by atoms with E-state index >= 15 is 0 Å². The summed E-state index contributed by atoms with van der Waals surface area (Å²) in [5.74, 6) is 3.14. The molecule has 5 unspecified atom stereocenters. The molecule has 3 heteroatoms. The van der Waals surface area contributed by atoms with Gasteiger partial charge in [0, 0.05) is 17.9 Å². The van der Waals surface area contributed by atoms with E-state index in [1.54, 1.807) is 0 Å². The van der Waals surface area contributed by atoms with Gasteiger partial charge in [-0.05, 0) is 43.4 Å². The Morgan fingerprint density at radius 1 is 1.38 bits per heavy atom. The van der Waals surface area contributed by atoms with Crippen LogP contribution >= 0.6 is 11.8 Å². The van der Waals surface area contributed by atoms with Crippen molar-refractivity contribution in [1.29, 1.82) is 0 Å². The van der Waals surface area contributed by atoms with Gasteiger partial charge in [0.25, 0.3) is 0 Å². The number of rotatable bonds is 5. The van der Waals surface area contributed by atoms with Crippen molar-refractivity contribution in [2.75, 3.05) is 19.4 Å². The fourth-order valence-electron chi connectivity index (χ4n) is 2.72. The zero-order valence-corrected chi connectivity index (χ0v) is 11.9. The second kappa shape index (κ2) is 6.87. The molecule has 2 nitrogen and oxygen atoms in total. The monoisotopic (exact) mass is 245 g/mol. The summed E-state index contributed by atoms with van der Waals surface area (Å²) in [6.07, 6.45) is 2.65. The molecule has 96 valence electrons. The van der Waals surface area contributed by atoms with Gasteiger partial charge < -0.3 is 10.4 Å². The van der Waals surface area contributed by atoms with E-state index in [4.69, 9.17) is 5.11 Å². The molecule has 1 fully saturated rings. The highest BCUT2D eigenvalue weighted by atomic mass is 32.2. The normalized spacial score (nSPS) is 37.3. The topological polar surface area (TPSA) is 32.3 Å². The summed E-state index contributed by atoms with van der Waals surface area (Å²) < 4.78 is 0. The second-order valence-corrected chi connectivity index (χ2v) is 6.75. The molecule has 1 aliphatic carbocycles. The molecule has 1 rings (SSSR count). The first-order valence-corrected chi connectivity index (χ1v) is 7.53. The van der Waals surface area contributed by atoms with Gasteiger partial charge in [0.15, 0.2) is 0 Å². The van der Waals surface area contributed by atoms with Gasteiger partial charge in [-0.25, -0.2) is 0 Å². The fraction of sp³-hybridized carbons (Fsp3) is 1.00. The van der Waals surface area contributed by atoms with Crippen molar-refractivity contribution in [3.05, 3.63) is 0 Å². The van der Waals surface area contributed by atoms with E-state index in [-0.39, 0.29) is 0 Å². The Labute approximate surface area is 105 Å². The van der Waals surface area contributed by atoms with Crippen LogP contribution in [0.25, 0.3) is 0 Å². The first kappa shape index (κ1) is 14.3. The van der Waals surface area contributed by atoms with Crippen molar-refractivity contribution in [1.82, 2.24) is 5.32 Å². The Kier molecular flexibility index (Phi) is 6.16. The zero-order chi connectivity index (χ0) is 12.1. The Morgan fingerprint density at radius 3 is 2.62 bits per heavy atom. The predicted molar refractivity (Wildman–Crippen MR) is 72.9 cm³/mol. The summed E-state index contributed by atoms with van der Waals surface area (Å²) in [6, 6.07) is 0.648. The van der Waals surface area contributed by atoms with Gasteiger partial charge in [-0.15, -0.1) is 0 Å². The van der Waals surface area contributed by atoms with Crippen LogP contribution in [0.1, 0.15) is 33.6 Å². The molecule has 0 aromatic rings. The summed E-state index contributed by atoms with van der Waals surface area (Å²) in [5.41, 5.74) is 0. The minimum atomic E-state index is 0.314. The minimum Gasteiger partial charge on any atom is -0.396 e. The Bertz CT molecular complexity index is 200. The van der Waals surface area contributed by atoms with Crippen molar-refractivity contribution in [3.63, 3.8) is 0 Å². The van der Waals surface area contributed by atoms with Crippen LogP contribution in [0.15, 0.2) is 0 Å². The quantitative estimate of drug-likeness (QED) is 0.780. The highest BCUT2D eigenvalue weighted by molar-refractivity contribution is 8.00. The van der Waals surface area contributed by atoms with E-state index in [1.807, 2.05) is 0 Å². The molecule has 1 aliphatic rings. The average molecular weight is 245 g/mol. The molecule has 0 bridgehead atoms.